The average molecular weight is 288 g/mol. The van der Waals surface area contributed by atoms with E-state index in [0.717, 1.165) is 0 Å². The Kier molecular flexibility index (Phi) is 4.34. The summed E-state index contributed by atoms with van der Waals surface area (Å²) in [5.41, 5.74) is 1.20. The lowest BCUT2D eigenvalue weighted by atomic mass is 10.2. The van der Waals surface area contributed by atoms with Gasteiger partial charge < -0.3 is 4.57 Å². The van der Waals surface area contributed by atoms with E-state index in [1.54, 1.807) is 13.1 Å². The molecule has 0 fully saturated rings. The highest BCUT2D eigenvalue weighted by molar-refractivity contribution is 5.74. The smallest absolute Gasteiger partial charge is 0.273 e. The summed E-state index contributed by atoms with van der Waals surface area (Å²) in [6.45, 7) is 2.69. The van der Waals surface area contributed by atoms with Gasteiger partial charge in [0.1, 0.15) is 11.5 Å². The summed E-state index contributed by atoms with van der Waals surface area (Å²) < 4.78 is 14.8. The molecule has 0 bridgehead atoms. The lowest BCUT2D eigenvalue weighted by molar-refractivity contribution is 0.298. The normalized spacial score (nSPS) is 12.6. The van der Waals surface area contributed by atoms with Crippen molar-refractivity contribution >= 4 is 11.0 Å². The van der Waals surface area contributed by atoms with Gasteiger partial charge in [-0.3, -0.25) is 9.69 Å². The molecule has 0 aliphatic rings. The number of aryl methyl sites for hydroxylation is 1. The van der Waals surface area contributed by atoms with Crippen molar-refractivity contribution < 1.29 is 4.39 Å². The number of nitrogens with zero attached hydrogens (tertiary/aromatic N) is 4. The highest BCUT2D eigenvalue weighted by atomic mass is 19.1. The summed E-state index contributed by atoms with van der Waals surface area (Å²) in [5.74, 6) is -0.511. The van der Waals surface area contributed by atoms with Gasteiger partial charge in [0.2, 0.25) is 0 Å². The Morgan fingerprint density at radius 2 is 2.24 bits per heavy atom. The van der Waals surface area contributed by atoms with Crippen LogP contribution < -0.4 is 5.56 Å². The molecule has 6 heteroatoms. The molecule has 0 spiro atoms. The summed E-state index contributed by atoms with van der Waals surface area (Å²) in [5, 5.41) is 8.82. The van der Waals surface area contributed by atoms with Gasteiger partial charge in [0.25, 0.3) is 5.56 Å². The molecule has 0 radical (unpaired) electrons. The van der Waals surface area contributed by atoms with Crippen molar-refractivity contribution in [3.05, 3.63) is 40.1 Å². The van der Waals surface area contributed by atoms with Gasteiger partial charge >= 0.3 is 0 Å². The van der Waals surface area contributed by atoms with E-state index in [-0.39, 0.29) is 17.3 Å². The molecule has 0 N–H and O–H groups in total. The van der Waals surface area contributed by atoms with Crippen LogP contribution in [0.4, 0.5) is 4.39 Å². The largest absolute Gasteiger partial charge is 0.308 e. The second kappa shape index (κ2) is 6.02. The van der Waals surface area contributed by atoms with Gasteiger partial charge in [0, 0.05) is 26.2 Å². The quantitative estimate of drug-likeness (QED) is 0.858. The molecule has 110 valence electrons. The Bertz CT molecular complexity index is 763. The number of hydrogen-bond donors (Lipinski definition) is 0. The number of fused-ring (bicyclic) bond motifs is 1. The molecule has 1 atom stereocenters. The zero-order chi connectivity index (χ0) is 15.6. The molecule has 0 aliphatic heterocycles. The molecule has 0 saturated carbocycles. The molecule has 0 saturated heterocycles. The predicted molar refractivity (Wildman–Crippen MR) is 78.1 cm³/mol. The third-order valence-electron chi connectivity index (χ3n) is 3.33. The van der Waals surface area contributed by atoms with Gasteiger partial charge in [0.05, 0.1) is 23.0 Å². The molecule has 2 aromatic rings. The minimum atomic E-state index is -0.383. The summed E-state index contributed by atoms with van der Waals surface area (Å²) in [6, 6.07) is 6.32. The minimum Gasteiger partial charge on any atom is -0.308 e. The predicted octanol–water partition coefficient (Wildman–Crippen LogP) is 1.66. The molecule has 1 aromatic heterocycles. The first-order valence-electron chi connectivity index (χ1n) is 6.65. The average Bonchev–Trinajstić information content (AvgIpc) is 2.44. The SMILES string of the molecule is C[C@H](C#N)CN(C)Cc1nc2cc(F)ccc2n(C)c1=O. The van der Waals surface area contributed by atoms with Crippen molar-refractivity contribution in [1.82, 2.24) is 14.5 Å². The molecule has 0 aliphatic carbocycles. The first kappa shape index (κ1) is 15.1. The molecule has 0 amide bonds. The number of aromatic nitrogens is 2. The Morgan fingerprint density at radius 3 is 2.90 bits per heavy atom. The maximum absolute atomic E-state index is 13.3. The van der Waals surface area contributed by atoms with Crippen molar-refractivity contribution in [1.29, 1.82) is 5.26 Å². The Labute approximate surface area is 122 Å². The maximum atomic E-state index is 13.3. The topological polar surface area (TPSA) is 61.9 Å². The van der Waals surface area contributed by atoms with E-state index in [1.807, 2.05) is 18.9 Å². The van der Waals surface area contributed by atoms with E-state index in [0.29, 0.717) is 29.8 Å². The lowest BCUT2D eigenvalue weighted by Gasteiger charge is -2.17. The monoisotopic (exact) mass is 288 g/mol. The van der Waals surface area contributed by atoms with Crippen LogP contribution in [0.3, 0.4) is 0 Å². The second-order valence-corrected chi connectivity index (χ2v) is 5.28. The molecular formula is C15H17FN4O. The summed E-state index contributed by atoms with van der Waals surface area (Å²) >= 11 is 0. The van der Waals surface area contributed by atoms with E-state index in [4.69, 9.17) is 5.26 Å². The third-order valence-corrected chi connectivity index (χ3v) is 3.33. The fourth-order valence-electron chi connectivity index (χ4n) is 2.30. The highest BCUT2D eigenvalue weighted by Crippen LogP contribution is 2.12. The Hall–Kier alpha value is -2.26. The van der Waals surface area contributed by atoms with Crippen LogP contribution in [0.5, 0.6) is 0 Å². The van der Waals surface area contributed by atoms with Crippen LogP contribution in [0, 0.1) is 23.1 Å². The van der Waals surface area contributed by atoms with Crippen LogP contribution >= 0.6 is 0 Å². The lowest BCUT2D eigenvalue weighted by Crippen LogP contribution is -2.30. The van der Waals surface area contributed by atoms with Crippen molar-refractivity contribution in [2.45, 2.75) is 13.5 Å². The fraction of sp³-hybridized carbons (Fsp3) is 0.400. The molecule has 21 heavy (non-hydrogen) atoms. The van der Waals surface area contributed by atoms with Crippen LogP contribution in [0.1, 0.15) is 12.6 Å². The molecular weight excluding hydrogens is 271 g/mol. The Balaban J connectivity index is 2.38. The summed E-state index contributed by atoms with van der Waals surface area (Å²) in [7, 11) is 3.47. The van der Waals surface area contributed by atoms with E-state index in [1.165, 1.54) is 16.7 Å². The molecule has 0 unspecified atom stereocenters. The van der Waals surface area contributed by atoms with Gasteiger partial charge in [-0.25, -0.2) is 9.37 Å². The van der Waals surface area contributed by atoms with Crippen LogP contribution in [-0.2, 0) is 13.6 Å². The van der Waals surface area contributed by atoms with Crippen LogP contribution in [0.25, 0.3) is 11.0 Å². The van der Waals surface area contributed by atoms with Crippen LogP contribution in [-0.4, -0.2) is 28.0 Å². The summed E-state index contributed by atoms with van der Waals surface area (Å²) in [4.78, 5) is 18.4. The maximum Gasteiger partial charge on any atom is 0.273 e. The summed E-state index contributed by atoms with van der Waals surface area (Å²) in [6.07, 6.45) is 0. The van der Waals surface area contributed by atoms with E-state index >= 15 is 0 Å². The first-order valence-corrected chi connectivity index (χ1v) is 6.65. The number of halogens is 1. The van der Waals surface area contributed by atoms with E-state index in [9.17, 15) is 9.18 Å². The zero-order valence-corrected chi connectivity index (χ0v) is 12.3. The van der Waals surface area contributed by atoms with Crippen molar-refractivity contribution in [3.63, 3.8) is 0 Å². The second-order valence-electron chi connectivity index (χ2n) is 5.28. The third kappa shape index (κ3) is 3.26. The number of rotatable bonds is 4. The fourth-order valence-corrected chi connectivity index (χ4v) is 2.30. The van der Waals surface area contributed by atoms with Gasteiger partial charge in [-0.15, -0.1) is 0 Å². The van der Waals surface area contributed by atoms with Crippen molar-refractivity contribution in [2.24, 2.45) is 13.0 Å². The van der Waals surface area contributed by atoms with Gasteiger partial charge in [-0.05, 0) is 26.1 Å². The minimum absolute atomic E-state index is 0.128. The van der Waals surface area contributed by atoms with Crippen molar-refractivity contribution in [3.8, 4) is 6.07 Å². The van der Waals surface area contributed by atoms with E-state index < -0.39 is 0 Å². The van der Waals surface area contributed by atoms with Crippen LogP contribution in [0.2, 0.25) is 0 Å². The standard InChI is InChI=1S/C15H17FN4O/c1-10(7-17)8-19(2)9-13-15(21)20(3)14-5-4-11(16)6-12(14)18-13/h4-6,10H,8-9H2,1-3H3/t10-/m1/s1. The van der Waals surface area contributed by atoms with Gasteiger partial charge in [0.15, 0.2) is 0 Å². The zero-order valence-electron chi connectivity index (χ0n) is 12.3. The van der Waals surface area contributed by atoms with E-state index in [2.05, 4.69) is 11.1 Å². The highest BCUT2D eigenvalue weighted by Gasteiger charge is 2.13. The van der Waals surface area contributed by atoms with Crippen LogP contribution in [0.15, 0.2) is 23.0 Å². The Morgan fingerprint density at radius 1 is 1.52 bits per heavy atom. The molecule has 1 heterocycles. The first-order chi connectivity index (χ1) is 9.92. The molecule has 1 aromatic carbocycles. The van der Waals surface area contributed by atoms with Gasteiger partial charge in [-0.2, -0.15) is 5.26 Å². The van der Waals surface area contributed by atoms with Gasteiger partial charge in [-0.1, -0.05) is 0 Å². The number of benzene rings is 1. The number of nitriles is 1. The molecule has 2 rings (SSSR count). The number of hydrogen-bond acceptors (Lipinski definition) is 4. The molecule has 5 nitrogen and oxygen atoms in total. The van der Waals surface area contributed by atoms with Crippen molar-refractivity contribution in [2.75, 3.05) is 13.6 Å².